The van der Waals surface area contributed by atoms with Crippen LogP contribution in [0.1, 0.15) is 39.2 Å². The Hall–Kier alpha value is -1.59. The molecule has 1 aromatic carbocycles. The van der Waals surface area contributed by atoms with Crippen molar-refractivity contribution in [3.8, 4) is 0 Å². The lowest BCUT2D eigenvalue weighted by atomic mass is 9.81. The third-order valence-corrected chi connectivity index (χ3v) is 4.20. The maximum Gasteiger partial charge on any atom is 0.227 e. The zero-order valence-electron chi connectivity index (χ0n) is 14.1. The van der Waals surface area contributed by atoms with E-state index in [4.69, 9.17) is 5.73 Å². The highest BCUT2D eigenvalue weighted by Crippen LogP contribution is 2.24. The van der Waals surface area contributed by atoms with E-state index in [0.29, 0.717) is 13.1 Å². The van der Waals surface area contributed by atoms with Gasteiger partial charge in [-0.2, -0.15) is 0 Å². The van der Waals surface area contributed by atoms with Crippen LogP contribution in [0.5, 0.6) is 0 Å². The van der Waals surface area contributed by atoms with Crippen molar-refractivity contribution in [3.05, 3.63) is 29.8 Å². The number of halogens is 1. The fraction of sp³-hybridized carbons (Fsp3) is 0.529. The largest absolute Gasteiger partial charge is 0.355 e. The number of amides is 2. The molecule has 0 spiro atoms. The molecule has 0 saturated heterocycles. The van der Waals surface area contributed by atoms with Crippen LogP contribution in [0.2, 0.25) is 0 Å². The van der Waals surface area contributed by atoms with Gasteiger partial charge < -0.3 is 16.4 Å². The van der Waals surface area contributed by atoms with Crippen LogP contribution in [-0.2, 0) is 16.0 Å². The highest BCUT2D eigenvalue weighted by Gasteiger charge is 2.32. The third kappa shape index (κ3) is 6.20. The molecule has 0 heterocycles. The topological polar surface area (TPSA) is 84.2 Å². The zero-order valence-corrected chi connectivity index (χ0v) is 15.0. The van der Waals surface area contributed by atoms with Gasteiger partial charge in [-0.1, -0.05) is 26.0 Å². The lowest BCUT2D eigenvalue weighted by molar-refractivity contribution is -0.131. The van der Waals surface area contributed by atoms with Crippen molar-refractivity contribution in [1.29, 1.82) is 0 Å². The van der Waals surface area contributed by atoms with Gasteiger partial charge in [-0.15, -0.1) is 12.4 Å². The predicted octanol–water partition coefficient (Wildman–Crippen LogP) is 2.49. The molecule has 5 nitrogen and oxygen atoms in total. The Morgan fingerprint density at radius 1 is 1.13 bits per heavy atom. The Kier molecular flexibility index (Phi) is 9.53. The van der Waals surface area contributed by atoms with E-state index in [0.717, 1.165) is 30.5 Å². The lowest BCUT2D eigenvalue weighted by Gasteiger charge is -2.28. The van der Waals surface area contributed by atoms with E-state index in [1.54, 1.807) is 0 Å². The molecule has 0 atom stereocenters. The number of rotatable bonds is 8. The molecule has 1 rings (SSSR count). The Morgan fingerprint density at radius 3 is 2.13 bits per heavy atom. The van der Waals surface area contributed by atoms with Gasteiger partial charge >= 0.3 is 0 Å². The maximum atomic E-state index is 12.3. The summed E-state index contributed by atoms with van der Waals surface area (Å²) >= 11 is 0. The van der Waals surface area contributed by atoms with Crippen LogP contribution in [0.15, 0.2) is 24.3 Å². The first-order valence-corrected chi connectivity index (χ1v) is 7.82. The summed E-state index contributed by atoms with van der Waals surface area (Å²) in [5.41, 5.74) is 7.21. The van der Waals surface area contributed by atoms with Crippen LogP contribution >= 0.6 is 12.4 Å². The van der Waals surface area contributed by atoms with Crippen molar-refractivity contribution >= 4 is 29.9 Å². The molecule has 0 aliphatic carbocycles. The number of hydrogen-bond donors (Lipinski definition) is 3. The number of hydrogen-bond acceptors (Lipinski definition) is 3. The van der Waals surface area contributed by atoms with Gasteiger partial charge in [-0.3, -0.25) is 9.59 Å². The number of benzene rings is 1. The minimum atomic E-state index is -0.449. The molecule has 1 aromatic rings. The summed E-state index contributed by atoms with van der Waals surface area (Å²) in [6.45, 7) is 6.43. The molecule has 4 N–H and O–H groups in total. The molecule has 0 unspecified atom stereocenters. The van der Waals surface area contributed by atoms with Gasteiger partial charge in [0.2, 0.25) is 11.8 Å². The summed E-state index contributed by atoms with van der Waals surface area (Å²) in [6, 6.07) is 7.63. The van der Waals surface area contributed by atoms with Gasteiger partial charge in [0.1, 0.15) is 0 Å². The van der Waals surface area contributed by atoms with Gasteiger partial charge in [0.05, 0.1) is 5.41 Å². The molecule has 6 heteroatoms. The summed E-state index contributed by atoms with van der Waals surface area (Å²) < 4.78 is 0. The second-order valence-electron chi connectivity index (χ2n) is 5.58. The zero-order chi connectivity index (χ0) is 16.6. The summed E-state index contributed by atoms with van der Waals surface area (Å²) in [5.74, 6) is -0.0489. The third-order valence-electron chi connectivity index (χ3n) is 4.20. The van der Waals surface area contributed by atoms with E-state index in [2.05, 4.69) is 10.6 Å². The van der Waals surface area contributed by atoms with E-state index >= 15 is 0 Å². The molecule has 0 aromatic heterocycles. The summed E-state index contributed by atoms with van der Waals surface area (Å²) in [5, 5.41) is 5.71. The van der Waals surface area contributed by atoms with Crippen LogP contribution in [-0.4, -0.2) is 24.9 Å². The SMILES string of the molecule is CCC(CC)(CN)C(=O)NCCc1ccc(NC(C)=O)cc1.Cl. The van der Waals surface area contributed by atoms with Crippen molar-refractivity contribution in [1.82, 2.24) is 5.32 Å². The Bertz CT molecular complexity index is 491. The number of anilines is 1. The van der Waals surface area contributed by atoms with Gasteiger partial charge in [-0.25, -0.2) is 0 Å². The van der Waals surface area contributed by atoms with E-state index < -0.39 is 5.41 Å². The van der Waals surface area contributed by atoms with Gasteiger partial charge in [0.15, 0.2) is 0 Å². The predicted molar refractivity (Wildman–Crippen MR) is 96.8 cm³/mol. The fourth-order valence-corrected chi connectivity index (χ4v) is 2.42. The average Bonchev–Trinajstić information content (AvgIpc) is 2.51. The molecule has 23 heavy (non-hydrogen) atoms. The molecule has 0 aliphatic rings. The molecule has 0 fully saturated rings. The molecular formula is C17H28ClN3O2. The van der Waals surface area contributed by atoms with Crippen molar-refractivity contribution in [3.63, 3.8) is 0 Å². The van der Waals surface area contributed by atoms with Gasteiger partial charge in [0, 0.05) is 25.7 Å². The minimum absolute atomic E-state index is 0. The fourth-order valence-electron chi connectivity index (χ4n) is 2.42. The number of nitrogens with one attached hydrogen (secondary N) is 2. The van der Waals surface area contributed by atoms with E-state index in [1.165, 1.54) is 6.92 Å². The van der Waals surface area contributed by atoms with Gasteiger partial charge in [-0.05, 0) is 37.0 Å². The maximum absolute atomic E-state index is 12.3. The van der Waals surface area contributed by atoms with E-state index in [9.17, 15) is 9.59 Å². The highest BCUT2D eigenvalue weighted by molar-refractivity contribution is 5.88. The average molecular weight is 342 g/mol. The van der Waals surface area contributed by atoms with Gasteiger partial charge in [0.25, 0.3) is 0 Å². The molecule has 0 bridgehead atoms. The van der Waals surface area contributed by atoms with Crippen LogP contribution < -0.4 is 16.4 Å². The van der Waals surface area contributed by atoms with Crippen LogP contribution in [0.3, 0.4) is 0 Å². The second kappa shape index (κ2) is 10.2. The summed E-state index contributed by atoms with van der Waals surface area (Å²) in [4.78, 5) is 23.2. The Balaban J connectivity index is 0.00000484. The quantitative estimate of drug-likeness (QED) is 0.679. The Morgan fingerprint density at radius 2 is 1.70 bits per heavy atom. The van der Waals surface area contributed by atoms with Crippen molar-refractivity contribution in [2.75, 3.05) is 18.4 Å². The molecular weight excluding hydrogens is 314 g/mol. The normalized spacial score (nSPS) is 10.6. The van der Waals surface area contributed by atoms with E-state index in [1.807, 2.05) is 38.1 Å². The first kappa shape index (κ1) is 21.4. The summed E-state index contributed by atoms with van der Waals surface area (Å²) in [7, 11) is 0. The Labute approximate surface area is 144 Å². The monoisotopic (exact) mass is 341 g/mol. The van der Waals surface area contributed by atoms with Crippen LogP contribution in [0.25, 0.3) is 0 Å². The highest BCUT2D eigenvalue weighted by atomic mass is 35.5. The molecule has 130 valence electrons. The minimum Gasteiger partial charge on any atom is -0.355 e. The van der Waals surface area contributed by atoms with E-state index in [-0.39, 0.29) is 24.2 Å². The molecule has 0 aliphatic heterocycles. The van der Waals surface area contributed by atoms with Crippen molar-refractivity contribution in [2.45, 2.75) is 40.0 Å². The van der Waals surface area contributed by atoms with Crippen LogP contribution in [0.4, 0.5) is 5.69 Å². The second-order valence-corrected chi connectivity index (χ2v) is 5.58. The number of carbonyl (C=O) groups is 2. The standard InChI is InChI=1S/C17H27N3O2.ClH/c1-4-17(5-2,12-18)16(22)19-11-10-14-6-8-15(9-7-14)20-13(3)21;/h6-9H,4-5,10-12,18H2,1-3H3,(H,19,22)(H,20,21);1H. The molecule has 0 saturated carbocycles. The van der Waals surface area contributed by atoms with Crippen molar-refractivity contribution < 1.29 is 9.59 Å². The smallest absolute Gasteiger partial charge is 0.227 e. The number of carbonyl (C=O) groups excluding carboxylic acids is 2. The lowest BCUT2D eigenvalue weighted by Crippen LogP contribution is -2.45. The first-order chi connectivity index (χ1) is 10.5. The first-order valence-electron chi connectivity index (χ1n) is 7.82. The summed E-state index contributed by atoms with van der Waals surface area (Å²) in [6.07, 6.45) is 2.24. The van der Waals surface area contributed by atoms with Crippen molar-refractivity contribution in [2.24, 2.45) is 11.1 Å². The number of nitrogens with two attached hydrogens (primary N) is 1. The molecule has 0 radical (unpaired) electrons. The van der Waals surface area contributed by atoms with Crippen LogP contribution in [0, 0.1) is 5.41 Å². The molecule has 2 amide bonds.